The van der Waals surface area contributed by atoms with E-state index in [1.54, 1.807) is 6.08 Å². The normalized spacial score (nSPS) is 8.62. The van der Waals surface area contributed by atoms with E-state index in [4.69, 9.17) is 0 Å². The molecule has 0 saturated carbocycles. The standard InChI is InChI=1S/2C8H8.C5H8/c2*1-2-8-6-4-3-5-7-8;1-3-5-4-2/h2*2-7H,1H2;3-5H,1H2,2H3/b;;5-4+. The molecule has 0 N–H and O–H groups in total. The van der Waals surface area contributed by atoms with Crippen molar-refractivity contribution in [2.45, 2.75) is 6.92 Å². The highest BCUT2D eigenvalue weighted by atomic mass is 13.8. The Hall–Kier alpha value is -2.60. The summed E-state index contributed by atoms with van der Waals surface area (Å²) in [5.74, 6) is 0. The minimum absolute atomic E-state index is 1.17. The first-order chi connectivity index (χ1) is 10.3. The molecule has 0 spiro atoms. The van der Waals surface area contributed by atoms with E-state index in [1.165, 1.54) is 11.1 Å². The molecule has 0 amide bonds. The maximum atomic E-state index is 3.63. The topological polar surface area (TPSA) is 0 Å². The van der Waals surface area contributed by atoms with Crippen LogP contribution in [0.15, 0.2) is 98.6 Å². The van der Waals surface area contributed by atoms with Crippen molar-refractivity contribution >= 4 is 12.2 Å². The van der Waals surface area contributed by atoms with Crippen LogP contribution < -0.4 is 0 Å². The van der Waals surface area contributed by atoms with Crippen LogP contribution >= 0.6 is 0 Å². The SMILES string of the molecule is C=C/C=C/C.C=Cc1ccccc1.C=Cc1ccccc1. The first kappa shape index (κ1) is 18.4. The van der Waals surface area contributed by atoms with E-state index in [9.17, 15) is 0 Å². The molecule has 0 radical (unpaired) electrons. The highest BCUT2D eigenvalue weighted by Crippen LogP contribution is 1.98. The molecular weight excluding hydrogens is 252 g/mol. The Kier molecular flexibility index (Phi) is 12.1. The van der Waals surface area contributed by atoms with Crippen LogP contribution in [0.2, 0.25) is 0 Å². The van der Waals surface area contributed by atoms with Crippen LogP contribution in [0.25, 0.3) is 12.2 Å². The van der Waals surface area contributed by atoms with Gasteiger partial charge in [0.05, 0.1) is 0 Å². The molecule has 108 valence electrons. The molecule has 0 aliphatic rings. The summed E-state index contributed by atoms with van der Waals surface area (Å²) in [6.07, 6.45) is 9.24. The molecule has 0 atom stereocenters. The lowest BCUT2D eigenvalue weighted by Crippen LogP contribution is -1.63. The van der Waals surface area contributed by atoms with Crippen LogP contribution in [-0.4, -0.2) is 0 Å². The smallest absolute Gasteiger partial charge is 0.0263 e. The number of rotatable bonds is 3. The maximum Gasteiger partial charge on any atom is -0.0263 e. The molecular formula is C21H24. The van der Waals surface area contributed by atoms with Gasteiger partial charge in [-0.25, -0.2) is 0 Å². The van der Waals surface area contributed by atoms with E-state index in [2.05, 4.69) is 19.7 Å². The second-order valence-electron chi connectivity index (χ2n) is 3.99. The predicted molar refractivity (Wildman–Crippen MR) is 98.1 cm³/mol. The lowest BCUT2D eigenvalue weighted by Gasteiger charge is -1.85. The van der Waals surface area contributed by atoms with Crippen molar-refractivity contribution in [1.29, 1.82) is 0 Å². The lowest BCUT2D eigenvalue weighted by atomic mass is 10.2. The highest BCUT2D eigenvalue weighted by molar-refractivity contribution is 5.46. The average Bonchev–Trinajstić information content (AvgIpc) is 2.58. The first-order valence-electron chi connectivity index (χ1n) is 6.87. The van der Waals surface area contributed by atoms with E-state index in [0.717, 1.165) is 0 Å². The number of hydrogen-bond acceptors (Lipinski definition) is 0. The van der Waals surface area contributed by atoms with Gasteiger partial charge in [-0.3, -0.25) is 0 Å². The van der Waals surface area contributed by atoms with Gasteiger partial charge in [-0.05, 0) is 18.1 Å². The third-order valence-corrected chi connectivity index (χ3v) is 2.40. The van der Waals surface area contributed by atoms with E-state index >= 15 is 0 Å². The third kappa shape index (κ3) is 11.0. The second kappa shape index (κ2) is 13.8. The van der Waals surface area contributed by atoms with Crippen LogP contribution in [-0.2, 0) is 0 Å². The van der Waals surface area contributed by atoms with Gasteiger partial charge in [-0.2, -0.15) is 0 Å². The summed E-state index contributed by atoms with van der Waals surface area (Å²) in [7, 11) is 0. The molecule has 0 nitrogen and oxygen atoms in total. The van der Waals surface area contributed by atoms with Crippen molar-refractivity contribution in [3.63, 3.8) is 0 Å². The van der Waals surface area contributed by atoms with Crippen LogP contribution in [0.4, 0.5) is 0 Å². The van der Waals surface area contributed by atoms with E-state index in [-0.39, 0.29) is 0 Å². The van der Waals surface area contributed by atoms with Gasteiger partial charge in [-0.15, -0.1) is 0 Å². The molecule has 0 unspecified atom stereocenters. The van der Waals surface area contributed by atoms with E-state index in [1.807, 2.05) is 91.9 Å². The van der Waals surface area contributed by atoms with Crippen LogP contribution in [0.1, 0.15) is 18.1 Å². The summed E-state index contributed by atoms with van der Waals surface area (Å²) in [6, 6.07) is 20.1. The van der Waals surface area contributed by atoms with Gasteiger partial charge in [0.2, 0.25) is 0 Å². The summed E-state index contributed by atoms with van der Waals surface area (Å²) in [6.45, 7) is 12.7. The Morgan fingerprint density at radius 2 is 1.05 bits per heavy atom. The summed E-state index contributed by atoms with van der Waals surface area (Å²) in [5.41, 5.74) is 2.35. The molecule has 2 aromatic carbocycles. The van der Waals surface area contributed by atoms with E-state index < -0.39 is 0 Å². The fourth-order valence-electron chi connectivity index (χ4n) is 1.31. The summed E-state index contributed by atoms with van der Waals surface area (Å²) >= 11 is 0. The van der Waals surface area contributed by atoms with Crippen molar-refractivity contribution in [3.05, 3.63) is 110 Å². The first-order valence-corrected chi connectivity index (χ1v) is 6.87. The zero-order valence-corrected chi connectivity index (χ0v) is 12.8. The van der Waals surface area contributed by atoms with Crippen LogP contribution in [0.3, 0.4) is 0 Å². The summed E-state index contributed by atoms with van der Waals surface area (Å²) in [4.78, 5) is 0. The molecule has 0 aromatic heterocycles. The van der Waals surface area contributed by atoms with Crippen molar-refractivity contribution in [2.75, 3.05) is 0 Å². The maximum absolute atomic E-state index is 3.63. The molecule has 21 heavy (non-hydrogen) atoms. The predicted octanol–water partition coefficient (Wildman–Crippen LogP) is 6.41. The lowest BCUT2D eigenvalue weighted by molar-refractivity contribution is 1.67. The zero-order valence-electron chi connectivity index (χ0n) is 12.8. The zero-order chi connectivity index (χ0) is 15.8. The van der Waals surface area contributed by atoms with Gasteiger partial charge in [-0.1, -0.05) is 111 Å². The van der Waals surface area contributed by atoms with Crippen molar-refractivity contribution in [1.82, 2.24) is 0 Å². The highest BCUT2D eigenvalue weighted by Gasteiger charge is 1.76. The van der Waals surface area contributed by atoms with Gasteiger partial charge >= 0.3 is 0 Å². The van der Waals surface area contributed by atoms with Crippen LogP contribution in [0, 0.1) is 0 Å². The van der Waals surface area contributed by atoms with Gasteiger partial charge in [0.25, 0.3) is 0 Å². The molecule has 2 rings (SSSR count). The molecule has 2 aromatic rings. The Balaban J connectivity index is 0.000000296. The number of hydrogen-bond donors (Lipinski definition) is 0. The van der Waals surface area contributed by atoms with Gasteiger partial charge in [0.1, 0.15) is 0 Å². The third-order valence-electron chi connectivity index (χ3n) is 2.40. The quantitative estimate of drug-likeness (QED) is 0.568. The minimum atomic E-state index is 1.17. The minimum Gasteiger partial charge on any atom is -0.0991 e. The monoisotopic (exact) mass is 276 g/mol. The fourth-order valence-corrected chi connectivity index (χ4v) is 1.31. The molecule has 0 aliphatic heterocycles. The van der Waals surface area contributed by atoms with Gasteiger partial charge < -0.3 is 0 Å². The van der Waals surface area contributed by atoms with Gasteiger partial charge in [0, 0.05) is 0 Å². The number of allylic oxidation sites excluding steroid dienone is 3. The molecule has 0 heterocycles. The Morgan fingerprint density at radius 3 is 1.19 bits per heavy atom. The molecule has 0 aliphatic carbocycles. The number of benzene rings is 2. The van der Waals surface area contributed by atoms with Gasteiger partial charge in [0.15, 0.2) is 0 Å². The second-order valence-corrected chi connectivity index (χ2v) is 3.99. The molecule has 0 bridgehead atoms. The average molecular weight is 276 g/mol. The van der Waals surface area contributed by atoms with Crippen molar-refractivity contribution in [2.24, 2.45) is 0 Å². The fraction of sp³-hybridized carbons (Fsp3) is 0.0476. The van der Waals surface area contributed by atoms with Crippen molar-refractivity contribution < 1.29 is 0 Å². The molecule has 0 fully saturated rings. The Morgan fingerprint density at radius 1 is 0.667 bits per heavy atom. The largest absolute Gasteiger partial charge is 0.0991 e. The van der Waals surface area contributed by atoms with Crippen molar-refractivity contribution in [3.8, 4) is 0 Å². The van der Waals surface area contributed by atoms with Crippen LogP contribution in [0.5, 0.6) is 0 Å². The molecule has 0 heteroatoms. The molecule has 0 saturated heterocycles. The Labute approximate surface area is 129 Å². The Bertz CT molecular complexity index is 475. The summed E-state index contributed by atoms with van der Waals surface area (Å²) in [5, 5.41) is 0. The van der Waals surface area contributed by atoms with E-state index in [0.29, 0.717) is 0 Å². The summed E-state index contributed by atoms with van der Waals surface area (Å²) < 4.78 is 0.